The molecular weight excluding hydrogens is 510 g/mol. The minimum Gasteiger partial charge on any atom is -0.510 e. The Hall–Kier alpha value is -5.12. The van der Waals surface area contributed by atoms with Crippen LogP contribution < -0.4 is 5.32 Å². The normalized spacial score (nSPS) is 15.7. The van der Waals surface area contributed by atoms with Gasteiger partial charge >= 0.3 is 6.09 Å². The number of carbonyl (C=O) groups is 2. The number of nitrogens with zero attached hydrogens (tertiary/aromatic N) is 4. The van der Waals surface area contributed by atoms with Gasteiger partial charge in [0.25, 0.3) is 0 Å². The molecule has 1 aromatic heterocycles. The van der Waals surface area contributed by atoms with Gasteiger partial charge in [-0.1, -0.05) is 48.5 Å². The maximum absolute atomic E-state index is 12.2. The van der Waals surface area contributed by atoms with E-state index in [0.717, 1.165) is 16.7 Å². The fourth-order valence-corrected chi connectivity index (χ4v) is 4.82. The first-order chi connectivity index (χ1) is 19.4. The number of aliphatic hydroxyl groups excluding tert-OH is 1. The predicted octanol–water partition coefficient (Wildman–Crippen LogP) is 5.34. The van der Waals surface area contributed by atoms with Crippen molar-refractivity contribution < 1.29 is 23.8 Å². The number of aromatic nitrogens is 1. The topological polar surface area (TPSA) is 120 Å². The summed E-state index contributed by atoms with van der Waals surface area (Å²) >= 11 is 0. The van der Waals surface area contributed by atoms with Crippen LogP contribution in [0.2, 0.25) is 0 Å². The average Bonchev–Trinajstić information content (AvgIpc) is 3.40. The van der Waals surface area contributed by atoms with Gasteiger partial charge in [0.15, 0.2) is 11.3 Å². The maximum atomic E-state index is 12.2. The predicted molar refractivity (Wildman–Crippen MR) is 152 cm³/mol. The van der Waals surface area contributed by atoms with Crippen LogP contribution >= 0.6 is 0 Å². The van der Waals surface area contributed by atoms with Crippen molar-refractivity contribution in [2.75, 3.05) is 26.0 Å². The van der Waals surface area contributed by atoms with Gasteiger partial charge in [-0.3, -0.25) is 15.0 Å². The van der Waals surface area contributed by atoms with Crippen LogP contribution in [0.15, 0.2) is 88.0 Å². The van der Waals surface area contributed by atoms with Gasteiger partial charge in [-0.15, -0.1) is 0 Å². The molecule has 4 aromatic rings. The Morgan fingerprint density at radius 3 is 2.62 bits per heavy atom. The molecule has 10 nitrogen and oxygen atoms in total. The van der Waals surface area contributed by atoms with Crippen molar-refractivity contribution >= 4 is 40.9 Å². The van der Waals surface area contributed by atoms with E-state index >= 15 is 0 Å². The number of fused-ring (bicyclic) bond motifs is 2. The fourth-order valence-electron chi connectivity index (χ4n) is 4.82. The third kappa shape index (κ3) is 5.24. The number of benzene rings is 3. The fraction of sp³-hybridized carbons (Fsp3) is 0.200. The number of amides is 2. The molecule has 1 aliphatic rings. The van der Waals surface area contributed by atoms with E-state index in [2.05, 4.69) is 10.3 Å². The van der Waals surface area contributed by atoms with E-state index in [9.17, 15) is 14.7 Å². The number of nitrogens with one attached hydrogen (secondary N) is 1. The number of oxazole rings is 1. The maximum Gasteiger partial charge on any atom is 0.411 e. The second kappa shape index (κ2) is 11.3. The molecule has 0 fully saturated rings. The summed E-state index contributed by atoms with van der Waals surface area (Å²) < 4.78 is 10.7. The minimum absolute atomic E-state index is 0.110. The van der Waals surface area contributed by atoms with Crippen molar-refractivity contribution in [3.8, 4) is 0 Å². The molecule has 5 rings (SSSR count). The van der Waals surface area contributed by atoms with E-state index in [4.69, 9.17) is 14.1 Å². The molecule has 40 heavy (non-hydrogen) atoms. The lowest BCUT2D eigenvalue weighted by atomic mass is 9.88. The number of para-hydroxylation sites is 2. The van der Waals surface area contributed by atoms with Crippen molar-refractivity contribution in [2.45, 2.75) is 19.4 Å². The third-order valence-electron chi connectivity index (χ3n) is 6.70. The number of guanidine groups is 1. The molecular formula is C30H29N5O5. The Kier molecular flexibility index (Phi) is 7.50. The lowest BCUT2D eigenvalue weighted by Gasteiger charge is -2.41. The quantitative estimate of drug-likeness (QED) is 0.152. The van der Waals surface area contributed by atoms with Gasteiger partial charge in [-0.05, 0) is 54.3 Å². The molecule has 2 N–H and O–H groups in total. The Labute approximate surface area is 231 Å². The largest absolute Gasteiger partial charge is 0.510 e. The summed E-state index contributed by atoms with van der Waals surface area (Å²) in [6.07, 6.45) is 0.753. The second-order valence-electron chi connectivity index (χ2n) is 9.34. The molecule has 0 aliphatic carbocycles. The van der Waals surface area contributed by atoms with E-state index < -0.39 is 6.09 Å². The van der Waals surface area contributed by atoms with Crippen LogP contribution in [0.4, 0.5) is 10.5 Å². The van der Waals surface area contributed by atoms with E-state index in [0.29, 0.717) is 42.1 Å². The summed E-state index contributed by atoms with van der Waals surface area (Å²) in [6, 6.07) is 22.5. The molecule has 0 saturated heterocycles. The van der Waals surface area contributed by atoms with Crippen LogP contribution in [0.25, 0.3) is 16.8 Å². The highest BCUT2D eigenvalue weighted by molar-refractivity contribution is 5.93. The van der Waals surface area contributed by atoms with Crippen LogP contribution in [0.3, 0.4) is 0 Å². The van der Waals surface area contributed by atoms with Crippen molar-refractivity contribution in [3.05, 3.63) is 101 Å². The smallest absolute Gasteiger partial charge is 0.411 e. The lowest BCUT2D eigenvalue weighted by Crippen LogP contribution is -2.47. The molecule has 2 heterocycles. The summed E-state index contributed by atoms with van der Waals surface area (Å²) in [4.78, 5) is 36.8. The average molecular weight is 540 g/mol. The zero-order chi connectivity index (χ0) is 28.2. The first kappa shape index (κ1) is 26.5. The monoisotopic (exact) mass is 539 g/mol. The number of aliphatic imine (C=N–C) groups is 1. The number of hydrogen-bond donors (Lipinski definition) is 2. The number of methoxy groups -OCH3 is 1. The first-order valence-electron chi connectivity index (χ1n) is 12.7. The van der Waals surface area contributed by atoms with Gasteiger partial charge in [0.05, 0.1) is 13.2 Å². The molecule has 1 aliphatic heterocycles. The Bertz CT molecular complexity index is 1570. The number of allylic oxidation sites excluding steroid dienone is 1. The Balaban J connectivity index is 1.66. The minimum atomic E-state index is -0.571. The number of anilines is 1. The molecule has 204 valence electrons. The second-order valence-corrected chi connectivity index (χ2v) is 9.34. The van der Waals surface area contributed by atoms with E-state index in [1.165, 1.54) is 18.9 Å². The van der Waals surface area contributed by atoms with Gasteiger partial charge in [0.1, 0.15) is 11.3 Å². The SMILES string of the molecule is COC(=O)Nc1ccc2c(c1)C(c1ccccc1)N(/C(=N/C(=C(\C)O)c1nc3ccccc3o1)N(C)C=O)CC2. The molecule has 10 heteroatoms. The van der Waals surface area contributed by atoms with Crippen LogP contribution in [-0.2, 0) is 16.0 Å². The molecule has 0 spiro atoms. The lowest BCUT2D eigenvalue weighted by molar-refractivity contribution is -0.114. The van der Waals surface area contributed by atoms with Crippen molar-refractivity contribution in [2.24, 2.45) is 4.99 Å². The Morgan fingerprint density at radius 2 is 1.93 bits per heavy atom. The molecule has 1 unspecified atom stereocenters. The summed E-state index contributed by atoms with van der Waals surface area (Å²) in [5, 5.41) is 13.4. The van der Waals surface area contributed by atoms with Crippen LogP contribution in [0.5, 0.6) is 0 Å². The molecule has 0 bridgehead atoms. The summed E-state index contributed by atoms with van der Waals surface area (Å²) in [5.74, 6) is 0.323. The third-order valence-corrected chi connectivity index (χ3v) is 6.70. The van der Waals surface area contributed by atoms with E-state index in [1.54, 1.807) is 13.1 Å². The zero-order valence-electron chi connectivity index (χ0n) is 22.4. The first-order valence-corrected chi connectivity index (χ1v) is 12.7. The van der Waals surface area contributed by atoms with Crippen molar-refractivity contribution in [1.82, 2.24) is 14.8 Å². The number of carbonyl (C=O) groups excluding carboxylic acids is 2. The number of aliphatic hydroxyl groups is 1. The summed E-state index contributed by atoms with van der Waals surface area (Å²) in [7, 11) is 2.92. The molecule has 3 aromatic carbocycles. The molecule has 0 saturated carbocycles. The highest BCUT2D eigenvalue weighted by Crippen LogP contribution is 2.38. The molecule has 0 radical (unpaired) electrons. The van der Waals surface area contributed by atoms with Crippen LogP contribution in [-0.4, -0.2) is 59.1 Å². The van der Waals surface area contributed by atoms with Crippen molar-refractivity contribution in [3.63, 3.8) is 0 Å². The van der Waals surface area contributed by atoms with Crippen LogP contribution in [0.1, 0.15) is 35.5 Å². The molecule has 2 amide bonds. The van der Waals surface area contributed by atoms with Gasteiger partial charge < -0.3 is 19.2 Å². The number of ether oxygens (including phenoxy) is 1. The highest BCUT2D eigenvalue weighted by Gasteiger charge is 2.33. The number of hydrogen-bond acceptors (Lipinski definition) is 7. The number of rotatable bonds is 5. The van der Waals surface area contributed by atoms with Gasteiger partial charge in [-0.2, -0.15) is 0 Å². The van der Waals surface area contributed by atoms with Gasteiger partial charge in [0.2, 0.25) is 18.3 Å². The summed E-state index contributed by atoms with van der Waals surface area (Å²) in [5.41, 5.74) is 4.85. The Morgan fingerprint density at radius 1 is 1.18 bits per heavy atom. The van der Waals surface area contributed by atoms with Gasteiger partial charge in [0, 0.05) is 19.3 Å². The zero-order valence-corrected chi connectivity index (χ0v) is 22.4. The van der Waals surface area contributed by atoms with E-state index in [-0.39, 0.29) is 23.4 Å². The summed E-state index contributed by atoms with van der Waals surface area (Å²) in [6.45, 7) is 2.02. The molecule has 1 atom stereocenters. The van der Waals surface area contributed by atoms with E-state index in [1.807, 2.05) is 71.6 Å². The van der Waals surface area contributed by atoms with Crippen molar-refractivity contribution in [1.29, 1.82) is 0 Å². The standard InChI is InChI=1S/C30H29N5O5/c1-19(37)26(28-32-24-11-7-8-12-25(24)40-28)33-29(34(2)18-36)35-16-15-20-13-14-22(31-30(38)39-3)17-23(20)27(35)21-9-5-4-6-10-21/h4-14,17-18,27,37H,15-16H2,1-3H3,(H,31,38)/b26-19+,33-29+. The van der Waals surface area contributed by atoms with Crippen LogP contribution in [0, 0.1) is 0 Å². The highest BCUT2D eigenvalue weighted by atomic mass is 16.5. The van der Waals surface area contributed by atoms with Gasteiger partial charge in [-0.25, -0.2) is 14.8 Å².